The number of fused-ring (bicyclic) bond motifs is 2. The standard InChI is InChI=1S/C30H29ClN2O4/c1-36-29(34)28-26(22-8-5-9-25(16-22)37-19-21-6-3-2-4-7-21)17-24-14-15-27(28)33(24)30(35)32-18-20-10-12-23(31)13-11-20/h2-13,16,24,27H,14-15,17-19H2,1H3,(H,32,35)/t24-,27+/m0/s1. The molecule has 1 N–H and O–H groups in total. The van der Waals surface area contributed by atoms with Gasteiger partial charge < -0.3 is 19.7 Å². The third-order valence-corrected chi connectivity index (χ3v) is 7.28. The molecule has 2 bridgehead atoms. The Bertz CT molecular complexity index is 1310. The maximum atomic E-state index is 13.3. The van der Waals surface area contributed by atoms with Crippen molar-refractivity contribution in [3.63, 3.8) is 0 Å². The first-order chi connectivity index (χ1) is 18.0. The quantitative estimate of drug-likeness (QED) is 0.391. The Morgan fingerprint density at radius 2 is 1.76 bits per heavy atom. The first-order valence-corrected chi connectivity index (χ1v) is 12.8. The first-order valence-electron chi connectivity index (χ1n) is 12.4. The van der Waals surface area contributed by atoms with Gasteiger partial charge in [0.15, 0.2) is 0 Å². The molecule has 37 heavy (non-hydrogen) atoms. The molecule has 2 aliphatic heterocycles. The summed E-state index contributed by atoms with van der Waals surface area (Å²) < 4.78 is 11.2. The number of methoxy groups -OCH3 is 1. The number of hydrogen-bond acceptors (Lipinski definition) is 4. The molecule has 0 saturated carbocycles. The van der Waals surface area contributed by atoms with Gasteiger partial charge in [-0.15, -0.1) is 0 Å². The maximum absolute atomic E-state index is 13.3. The van der Waals surface area contributed by atoms with Crippen molar-refractivity contribution in [2.75, 3.05) is 7.11 Å². The molecule has 5 rings (SSSR count). The van der Waals surface area contributed by atoms with Gasteiger partial charge in [0, 0.05) is 17.6 Å². The first kappa shape index (κ1) is 24.9. The molecule has 0 aromatic heterocycles. The van der Waals surface area contributed by atoms with Crippen LogP contribution in [0.15, 0.2) is 84.4 Å². The summed E-state index contributed by atoms with van der Waals surface area (Å²) in [5.74, 6) is 0.333. The van der Waals surface area contributed by atoms with Crippen LogP contribution in [0.1, 0.15) is 36.0 Å². The molecule has 0 radical (unpaired) electrons. The van der Waals surface area contributed by atoms with Gasteiger partial charge in [0.05, 0.1) is 18.7 Å². The van der Waals surface area contributed by atoms with Crippen LogP contribution in [0.5, 0.6) is 5.75 Å². The van der Waals surface area contributed by atoms with Gasteiger partial charge in [0.25, 0.3) is 0 Å². The number of amides is 2. The summed E-state index contributed by atoms with van der Waals surface area (Å²) >= 11 is 5.97. The number of esters is 1. The zero-order chi connectivity index (χ0) is 25.8. The summed E-state index contributed by atoms with van der Waals surface area (Å²) in [6.07, 6.45) is 2.13. The minimum absolute atomic E-state index is 0.00696. The van der Waals surface area contributed by atoms with E-state index in [4.69, 9.17) is 21.1 Å². The van der Waals surface area contributed by atoms with Gasteiger partial charge in [-0.25, -0.2) is 9.59 Å². The van der Waals surface area contributed by atoms with Crippen molar-refractivity contribution >= 4 is 29.2 Å². The number of carbonyl (C=O) groups excluding carboxylic acids is 2. The van der Waals surface area contributed by atoms with Crippen LogP contribution in [0.4, 0.5) is 4.79 Å². The predicted molar refractivity (Wildman–Crippen MR) is 143 cm³/mol. The summed E-state index contributed by atoms with van der Waals surface area (Å²) in [7, 11) is 1.39. The molecule has 2 atom stereocenters. The summed E-state index contributed by atoms with van der Waals surface area (Å²) in [6, 6.07) is 24.7. The topological polar surface area (TPSA) is 67.9 Å². The van der Waals surface area contributed by atoms with Crippen LogP contribution in [-0.2, 0) is 22.7 Å². The van der Waals surface area contributed by atoms with E-state index in [0.29, 0.717) is 30.2 Å². The third kappa shape index (κ3) is 5.49. The summed E-state index contributed by atoms with van der Waals surface area (Å²) in [6.45, 7) is 0.844. The van der Waals surface area contributed by atoms with Gasteiger partial charge in [-0.3, -0.25) is 0 Å². The molecule has 0 spiro atoms. The second kappa shape index (κ2) is 11.1. The number of rotatable bonds is 7. The average Bonchev–Trinajstić information content (AvgIpc) is 3.25. The summed E-state index contributed by atoms with van der Waals surface area (Å²) in [5, 5.41) is 3.66. The molecule has 1 saturated heterocycles. The van der Waals surface area contributed by atoms with Crippen LogP contribution in [0.25, 0.3) is 5.57 Å². The van der Waals surface area contributed by atoms with Crippen molar-refractivity contribution in [2.45, 2.75) is 44.5 Å². The highest BCUT2D eigenvalue weighted by Crippen LogP contribution is 2.44. The van der Waals surface area contributed by atoms with Crippen LogP contribution in [0.2, 0.25) is 5.02 Å². The number of hydrogen-bond donors (Lipinski definition) is 1. The number of urea groups is 1. The van der Waals surface area contributed by atoms with Crippen LogP contribution < -0.4 is 10.1 Å². The lowest BCUT2D eigenvalue weighted by Crippen LogP contribution is -2.50. The van der Waals surface area contributed by atoms with Crippen molar-refractivity contribution in [1.29, 1.82) is 0 Å². The molecule has 0 unspecified atom stereocenters. The molecule has 2 aliphatic rings. The van der Waals surface area contributed by atoms with Crippen molar-refractivity contribution in [3.8, 4) is 5.75 Å². The zero-order valence-corrected chi connectivity index (χ0v) is 21.4. The van der Waals surface area contributed by atoms with Gasteiger partial charge in [0.1, 0.15) is 12.4 Å². The minimum atomic E-state index is -0.397. The van der Waals surface area contributed by atoms with E-state index in [0.717, 1.165) is 40.9 Å². The molecule has 7 heteroatoms. The molecule has 3 aromatic rings. The molecule has 2 amide bonds. The number of nitrogens with one attached hydrogen (secondary N) is 1. The molecule has 6 nitrogen and oxygen atoms in total. The predicted octanol–water partition coefficient (Wildman–Crippen LogP) is 5.99. The Morgan fingerprint density at radius 3 is 2.51 bits per heavy atom. The van der Waals surface area contributed by atoms with E-state index in [2.05, 4.69) is 5.32 Å². The lowest BCUT2D eigenvalue weighted by Gasteiger charge is -2.37. The zero-order valence-electron chi connectivity index (χ0n) is 20.7. The molecular formula is C30H29ClN2O4. The lowest BCUT2D eigenvalue weighted by molar-refractivity contribution is -0.136. The van der Waals surface area contributed by atoms with Crippen molar-refractivity contribution in [1.82, 2.24) is 10.2 Å². The number of nitrogens with zero attached hydrogens (tertiary/aromatic N) is 1. The van der Waals surface area contributed by atoms with Gasteiger partial charge in [0.2, 0.25) is 0 Å². The van der Waals surface area contributed by atoms with Crippen LogP contribution in [-0.4, -0.2) is 36.1 Å². The van der Waals surface area contributed by atoms with Crippen molar-refractivity contribution in [2.24, 2.45) is 0 Å². The number of ether oxygens (including phenoxy) is 2. The smallest absolute Gasteiger partial charge is 0.336 e. The van der Waals surface area contributed by atoms with E-state index >= 15 is 0 Å². The maximum Gasteiger partial charge on any atom is 0.336 e. The van der Waals surface area contributed by atoms with E-state index in [-0.39, 0.29) is 18.1 Å². The Balaban J connectivity index is 1.37. The fourth-order valence-electron chi connectivity index (χ4n) is 5.25. The highest BCUT2D eigenvalue weighted by Gasteiger charge is 2.46. The normalized spacial score (nSPS) is 18.5. The van der Waals surface area contributed by atoms with Crippen LogP contribution in [0.3, 0.4) is 0 Å². The SMILES string of the molecule is COC(=O)C1=C(c2cccc(OCc3ccccc3)c2)C[C@@H]2CC[C@H]1N2C(=O)NCc1ccc(Cl)cc1. The molecule has 2 heterocycles. The van der Waals surface area contributed by atoms with Crippen molar-refractivity contribution < 1.29 is 19.1 Å². The Morgan fingerprint density at radius 1 is 0.973 bits per heavy atom. The molecule has 0 aliphatic carbocycles. The molecule has 190 valence electrons. The fraction of sp³-hybridized carbons (Fsp3) is 0.267. The second-order valence-electron chi connectivity index (χ2n) is 9.33. The minimum Gasteiger partial charge on any atom is -0.489 e. The van der Waals surface area contributed by atoms with Crippen LogP contribution >= 0.6 is 11.6 Å². The second-order valence-corrected chi connectivity index (χ2v) is 9.77. The summed E-state index contributed by atoms with van der Waals surface area (Å²) in [5.41, 5.74) is 4.44. The molecular weight excluding hydrogens is 488 g/mol. The van der Waals surface area contributed by atoms with E-state index in [1.807, 2.05) is 71.6 Å². The van der Waals surface area contributed by atoms with Gasteiger partial charge in [-0.2, -0.15) is 0 Å². The number of halogens is 1. The molecule has 3 aromatic carbocycles. The van der Waals surface area contributed by atoms with Crippen LogP contribution in [0, 0.1) is 0 Å². The fourth-order valence-corrected chi connectivity index (χ4v) is 5.38. The number of benzene rings is 3. The third-order valence-electron chi connectivity index (χ3n) is 7.03. The Kier molecular flexibility index (Phi) is 7.47. The highest BCUT2D eigenvalue weighted by molar-refractivity contribution is 6.30. The Hall–Kier alpha value is -3.77. The largest absolute Gasteiger partial charge is 0.489 e. The Labute approximate surface area is 221 Å². The monoisotopic (exact) mass is 516 g/mol. The van der Waals surface area contributed by atoms with E-state index < -0.39 is 5.97 Å². The van der Waals surface area contributed by atoms with Gasteiger partial charge in [-0.1, -0.05) is 66.2 Å². The molecule has 1 fully saturated rings. The highest BCUT2D eigenvalue weighted by atomic mass is 35.5. The average molecular weight is 517 g/mol. The van der Waals surface area contributed by atoms with Crippen molar-refractivity contribution in [3.05, 3.63) is 106 Å². The van der Waals surface area contributed by atoms with Gasteiger partial charge >= 0.3 is 12.0 Å². The van der Waals surface area contributed by atoms with E-state index in [1.165, 1.54) is 7.11 Å². The van der Waals surface area contributed by atoms with Gasteiger partial charge in [-0.05, 0) is 65.8 Å². The van der Waals surface area contributed by atoms with E-state index in [9.17, 15) is 9.59 Å². The lowest BCUT2D eigenvalue weighted by atomic mass is 9.88. The number of carbonyl (C=O) groups is 2. The summed E-state index contributed by atoms with van der Waals surface area (Å²) in [4.78, 5) is 28.1. The van der Waals surface area contributed by atoms with E-state index in [1.54, 1.807) is 12.1 Å².